The van der Waals surface area contributed by atoms with Gasteiger partial charge in [0.2, 0.25) is 5.90 Å². The summed E-state index contributed by atoms with van der Waals surface area (Å²) < 4.78 is 16.9. The summed E-state index contributed by atoms with van der Waals surface area (Å²) in [4.78, 5) is 20.3. The topological polar surface area (TPSA) is 97.3 Å². The summed E-state index contributed by atoms with van der Waals surface area (Å²) in [6.45, 7) is 6.60. The van der Waals surface area contributed by atoms with Crippen LogP contribution in [-0.4, -0.2) is 35.0 Å². The van der Waals surface area contributed by atoms with E-state index in [0.717, 1.165) is 28.0 Å². The predicted octanol–water partition coefficient (Wildman–Crippen LogP) is 5.66. The Morgan fingerprint density at radius 1 is 0.941 bits per heavy atom. The maximum atomic E-state index is 12.8. The molecule has 0 bridgehead atoms. The lowest BCUT2D eigenvalue weighted by Gasteiger charge is -2.16. The molecule has 0 atom stereocenters. The Hall–Kier alpha value is -4.13. The second-order valence-electron chi connectivity index (χ2n) is 7.67. The van der Waals surface area contributed by atoms with Crippen LogP contribution in [0.25, 0.3) is 22.2 Å². The van der Waals surface area contributed by atoms with Crippen molar-refractivity contribution in [3.05, 3.63) is 83.2 Å². The highest BCUT2D eigenvalue weighted by atomic mass is 16.5. The zero-order valence-corrected chi connectivity index (χ0v) is 19.5. The molecule has 2 N–H and O–H groups in total. The molecule has 4 aromatic rings. The minimum absolute atomic E-state index is 0.0927. The van der Waals surface area contributed by atoms with E-state index in [2.05, 4.69) is 9.97 Å². The van der Waals surface area contributed by atoms with Gasteiger partial charge in [0.15, 0.2) is 0 Å². The summed E-state index contributed by atoms with van der Waals surface area (Å²) in [5.74, 6) is 1.07. The van der Waals surface area contributed by atoms with Crippen molar-refractivity contribution in [3.8, 4) is 16.9 Å². The van der Waals surface area contributed by atoms with E-state index in [1.165, 1.54) is 0 Å². The zero-order chi connectivity index (χ0) is 24.1. The molecule has 0 spiro atoms. The first-order valence-corrected chi connectivity index (χ1v) is 11.2. The minimum atomic E-state index is -0.436. The molecule has 1 heterocycles. The third kappa shape index (κ3) is 4.78. The SMILES string of the molecule is CCOC(=N)c1ccccc1-c1ccc(COC(=O)c2cccc3[nH]c(C)nc23)cc1OCC. The number of ether oxygens (including phenoxy) is 3. The fourth-order valence-corrected chi connectivity index (χ4v) is 3.84. The molecule has 34 heavy (non-hydrogen) atoms. The average Bonchev–Trinajstić information content (AvgIpc) is 3.23. The van der Waals surface area contributed by atoms with Crippen LogP contribution in [0, 0.1) is 12.3 Å². The average molecular weight is 458 g/mol. The van der Waals surface area contributed by atoms with E-state index < -0.39 is 5.97 Å². The number of H-pyrrole nitrogens is 1. The van der Waals surface area contributed by atoms with E-state index in [-0.39, 0.29) is 12.5 Å². The molecule has 0 aliphatic carbocycles. The predicted molar refractivity (Wildman–Crippen MR) is 131 cm³/mol. The first-order valence-electron chi connectivity index (χ1n) is 11.2. The van der Waals surface area contributed by atoms with Gasteiger partial charge in [-0.25, -0.2) is 9.78 Å². The molecule has 0 unspecified atom stereocenters. The summed E-state index contributed by atoms with van der Waals surface area (Å²) in [7, 11) is 0. The molecule has 0 fully saturated rings. The fourth-order valence-electron chi connectivity index (χ4n) is 3.84. The van der Waals surface area contributed by atoms with Crippen LogP contribution in [0.4, 0.5) is 0 Å². The maximum absolute atomic E-state index is 12.8. The van der Waals surface area contributed by atoms with Crippen LogP contribution in [0.2, 0.25) is 0 Å². The Morgan fingerprint density at radius 3 is 2.53 bits per heavy atom. The number of rotatable bonds is 8. The van der Waals surface area contributed by atoms with Crippen molar-refractivity contribution < 1.29 is 19.0 Å². The largest absolute Gasteiger partial charge is 0.493 e. The Balaban J connectivity index is 1.59. The molecule has 4 rings (SSSR count). The monoisotopic (exact) mass is 457 g/mol. The molecule has 1 aromatic heterocycles. The Morgan fingerprint density at radius 2 is 1.74 bits per heavy atom. The number of fused-ring (bicyclic) bond motifs is 1. The lowest BCUT2D eigenvalue weighted by atomic mass is 9.97. The number of aromatic nitrogens is 2. The van der Waals surface area contributed by atoms with E-state index >= 15 is 0 Å². The molecule has 7 heteroatoms. The molecule has 0 aliphatic heterocycles. The van der Waals surface area contributed by atoms with Crippen LogP contribution in [0.15, 0.2) is 60.7 Å². The number of nitrogens with one attached hydrogen (secondary N) is 2. The number of benzene rings is 3. The van der Waals surface area contributed by atoms with Crippen molar-refractivity contribution in [2.45, 2.75) is 27.4 Å². The molecule has 7 nitrogen and oxygen atoms in total. The second-order valence-corrected chi connectivity index (χ2v) is 7.67. The summed E-state index contributed by atoms with van der Waals surface area (Å²) >= 11 is 0. The number of aromatic amines is 1. The molecule has 0 saturated carbocycles. The Kier molecular flexibility index (Phi) is 6.92. The lowest BCUT2D eigenvalue weighted by Crippen LogP contribution is -2.08. The van der Waals surface area contributed by atoms with Crippen LogP contribution in [0.1, 0.15) is 41.2 Å². The van der Waals surface area contributed by atoms with Gasteiger partial charge in [0.25, 0.3) is 0 Å². The van der Waals surface area contributed by atoms with Crippen LogP contribution in [0.5, 0.6) is 5.75 Å². The van der Waals surface area contributed by atoms with Crippen molar-refractivity contribution in [2.24, 2.45) is 0 Å². The van der Waals surface area contributed by atoms with E-state index in [1.54, 1.807) is 12.1 Å². The van der Waals surface area contributed by atoms with Gasteiger partial charge in [-0.15, -0.1) is 0 Å². The smallest absolute Gasteiger partial charge is 0.340 e. The van der Waals surface area contributed by atoms with Gasteiger partial charge in [0.05, 0.1) is 24.3 Å². The van der Waals surface area contributed by atoms with Crippen molar-refractivity contribution in [3.63, 3.8) is 0 Å². The fraction of sp³-hybridized carbons (Fsp3) is 0.222. The highest BCUT2D eigenvalue weighted by Crippen LogP contribution is 2.34. The molecular weight excluding hydrogens is 430 g/mol. The number of hydrogen-bond acceptors (Lipinski definition) is 6. The van der Waals surface area contributed by atoms with Gasteiger partial charge in [0, 0.05) is 11.1 Å². The summed E-state index contributed by atoms with van der Waals surface area (Å²) in [6, 6.07) is 18.7. The Labute approximate surface area is 198 Å². The van der Waals surface area contributed by atoms with Gasteiger partial charge < -0.3 is 19.2 Å². The minimum Gasteiger partial charge on any atom is -0.493 e. The highest BCUT2D eigenvalue weighted by molar-refractivity contribution is 6.02. The molecule has 0 saturated heterocycles. The van der Waals surface area contributed by atoms with Crippen LogP contribution in [-0.2, 0) is 16.1 Å². The number of nitrogens with zero attached hydrogens (tertiary/aromatic N) is 1. The number of para-hydroxylation sites is 1. The maximum Gasteiger partial charge on any atom is 0.340 e. The van der Waals surface area contributed by atoms with Crippen molar-refractivity contribution >= 4 is 22.9 Å². The molecule has 0 radical (unpaired) electrons. The van der Waals surface area contributed by atoms with Gasteiger partial charge in [-0.2, -0.15) is 0 Å². The zero-order valence-electron chi connectivity index (χ0n) is 19.5. The molecular formula is C27H27N3O4. The first-order chi connectivity index (χ1) is 16.5. The van der Waals surface area contributed by atoms with Crippen LogP contribution >= 0.6 is 0 Å². The van der Waals surface area contributed by atoms with E-state index in [9.17, 15) is 4.79 Å². The van der Waals surface area contributed by atoms with Crippen molar-refractivity contribution in [2.75, 3.05) is 13.2 Å². The lowest BCUT2D eigenvalue weighted by molar-refractivity contribution is 0.0474. The standard InChI is InChI=1S/C27H27N3O4/c1-4-32-24-15-18(13-14-20(24)19-9-6-7-10-21(19)26(28)33-5-2)16-34-27(31)22-11-8-12-23-25(22)30-17(3)29-23/h6-15,28H,4-5,16H2,1-3H3,(H,29,30). The summed E-state index contributed by atoms with van der Waals surface area (Å²) in [6.07, 6.45) is 0. The van der Waals surface area contributed by atoms with Crippen molar-refractivity contribution in [1.82, 2.24) is 9.97 Å². The summed E-state index contributed by atoms with van der Waals surface area (Å²) in [5.41, 5.74) is 4.99. The van der Waals surface area contributed by atoms with Gasteiger partial charge in [-0.1, -0.05) is 36.4 Å². The molecule has 174 valence electrons. The van der Waals surface area contributed by atoms with Gasteiger partial charge in [0.1, 0.15) is 23.7 Å². The van der Waals surface area contributed by atoms with Crippen molar-refractivity contribution in [1.29, 1.82) is 5.41 Å². The molecule has 0 amide bonds. The van der Waals surface area contributed by atoms with Crippen LogP contribution < -0.4 is 4.74 Å². The Bertz CT molecular complexity index is 1340. The number of aryl methyl sites for hydroxylation is 1. The van der Waals surface area contributed by atoms with Gasteiger partial charge in [-0.05, 0) is 56.2 Å². The van der Waals surface area contributed by atoms with Gasteiger partial charge in [-0.3, -0.25) is 5.41 Å². The highest BCUT2D eigenvalue weighted by Gasteiger charge is 2.17. The summed E-state index contributed by atoms with van der Waals surface area (Å²) in [5, 5.41) is 8.26. The number of esters is 1. The second kappa shape index (κ2) is 10.2. The number of carbonyl (C=O) groups is 1. The van der Waals surface area contributed by atoms with Crippen LogP contribution in [0.3, 0.4) is 0 Å². The van der Waals surface area contributed by atoms with E-state index in [4.69, 9.17) is 19.6 Å². The number of imidazole rings is 1. The van der Waals surface area contributed by atoms with Gasteiger partial charge >= 0.3 is 5.97 Å². The normalized spacial score (nSPS) is 10.8. The van der Waals surface area contributed by atoms with E-state index in [1.807, 2.05) is 69.3 Å². The molecule has 3 aromatic carbocycles. The van der Waals surface area contributed by atoms with E-state index in [0.29, 0.717) is 35.6 Å². The molecule has 0 aliphatic rings. The first kappa shape index (κ1) is 23.0. The number of carbonyl (C=O) groups excluding carboxylic acids is 1. The quantitative estimate of drug-likeness (QED) is 0.202. The third-order valence-electron chi connectivity index (χ3n) is 5.32. The number of hydrogen-bond donors (Lipinski definition) is 2. The third-order valence-corrected chi connectivity index (χ3v) is 5.32.